The first-order chi connectivity index (χ1) is 24.2. The van der Waals surface area contributed by atoms with Crippen molar-refractivity contribution in [1.29, 1.82) is 0 Å². The van der Waals surface area contributed by atoms with Crippen molar-refractivity contribution in [2.45, 2.75) is 41.9 Å². The molecule has 0 saturated heterocycles. The number of carbonyl (C=O) groups is 1. The molecule has 15 heteroatoms. The van der Waals surface area contributed by atoms with Crippen molar-refractivity contribution >= 4 is 58.9 Å². The molecule has 0 spiro atoms. The number of fused-ring (bicyclic) bond motifs is 8. The van der Waals surface area contributed by atoms with E-state index in [9.17, 15) is 21.6 Å². The number of nitrogens with zero attached hydrogens (tertiary/aromatic N) is 5. The van der Waals surface area contributed by atoms with Crippen molar-refractivity contribution in [3.05, 3.63) is 93.7 Å². The van der Waals surface area contributed by atoms with Crippen LogP contribution in [-0.2, 0) is 69.2 Å². The van der Waals surface area contributed by atoms with Crippen molar-refractivity contribution in [1.82, 2.24) is 24.1 Å². The van der Waals surface area contributed by atoms with Gasteiger partial charge < -0.3 is 14.0 Å². The Morgan fingerprint density at radius 2 is 1.67 bits per heavy atom. The fraction of sp³-hybridized carbons (Fsp3) is 0.306. The topological polar surface area (TPSA) is 144 Å². The molecule has 6 aromatic rings. The first-order valence-electron chi connectivity index (χ1n) is 16.2. The number of sulfone groups is 2. The molecule has 7 rings (SSSR count). The van der Waals surface area contributed by atoms with Gasteiger partial charge in [0.1, 0.15) is 11.4 Å². The molecule has 0 N–H and O–H groups in total. The van der Waals surface area contributed by atoms with Crippen molar-refractivity contribution in [2.75, 3.05) is 13.7 Å². The Bertz CT molecular complexity index is 2620. The molecule has 1 aliphatic heterocycles. The van der Waals surface area contributed by atoms with Gasteiger partial charge in [-0.25, -0.2) is 21.6 Å². The predicted molar refractivity (Wildman–Crippen MR) is 194 cm³/mol. The lowest BCUT2D eigenvalue weighted by Gasteiger charge is -2.13. The molecule has 1 aliphatic rings. The molecular formula is C36H36ClN5O7S2. The summed E-state index contributed by atoms with van der Waals surface area (Å²) in [6.45, 7) is 2.06. The molecule has 3 aromatic carbocycles. The fourth-order valence-corrected chi connectivity index (χ4v) is 10.0. The normalized spacial score (nSPS) is 16.0. The van der Waals surface area contributed by atoms with Gasteiger partial charge in [0.05, 0.1) is 63.5 Å². The summed E-state index contributed by atoms with van der Waals surface area (Å²) < 4.78 is 71.6. The fourth-order valence-electron chi connectivity index (χ4n) is 7.07. The maximum Gasteiger partial charge on any atom is 0.354 e. The zero-order valence-corrected chi connectivity index (χ0v) is 31.1. The number of carbonyl (C=O) groups excluding carboxylic acids is 1. The van der Waals surface area contributed by atoms with Gasteiger partial charge in [0.15, 0.2) is 19.7 Å². The number of esters is 1. The van der Waals surface area contributed by atoms with Crippen LogP contribution in [0.4, 0.5) is 0 Å². The number of hydrogen-bond acceptors (Lipinski definition) is 9. The molecule has 0 fully saturated rings. The van der Waals surface area contributed by atoms with Crippen LogP contribution >= 0.6 is 11.6 Å². The molecule has 0 saturated carbocycles. The number of aromatic nitrogens is 5. The Morgan fingerprint density at radius 3 is 2.43 bits per heavy atom. The summed E-state index contributed by atoms with van der Waals surface area (Å²) in [5.41, 5.74) is 4.31. The number of ether oxygens (including phenoxy) is 2. The highest BCUT2D eigenvalue weighted by Crippen LogP contribution is 2.42. The average Bonchev–Trinajstić information content (AvgIpc) is 3.65. The number of halogens is 1. The maximum atomic E-state index is 13.9. The smallest absolute Gasteiger partial charge is 0.354 e. The zero-order valence-electron chi connectivity index (χ0n) is 28.7. The van der Waals surface area contributed by atoms with Gasteiger partial charge >= 0.3 is 5.97 Å². The first kappa shape index (κ1) is 34.8. The van der Waals surface area contributed by atoms with Gasteiger partial charge in [-0.3, -0.25) is 9.36 Å². The Kier molecular flexibility index (Phi) is 8.75. The Labute approximate surface area is 300 Å². The molecule has 0 unspecified atom stereocenters. The van der Waals surface area contributed by atoms with Crippen LogP contribution in [0.15, 0.2) is 59.5 Å². The van der Waals surface area contributed by atoms with Crippen LogP contribution in [-0.4, -0.2) is 60.6 Å². The van der Waals surface area contributed by atoms with E-state index in [1.165, 1.54) is 23.9 Å². The highest BCUT2D eigenvalue weighted by atomic mass is 35.5. The number of methoxy groups -OCH3 is 1. The van der Waals surface area contributed by atoms with E-state index >= 15 is 0 Å². The van der Waals surface area contributed by atoms with E-state index in [-0.39, 0.29) is 22.9 Å². The molecule has 0 aliphatic carbocycles. The van der Waals surface area contributed by atoms with Crippen LogP contribution in [0.2, 0.25) is 5.02 Å². The lowest BCUT2D eigenvalue weighted by atomic mass is 9.98. The van der Waals surface area contributed by atoms with Crippen molar-refractivity contribution in [3.8, 4) is 16.9 Å². The highest BCUT2D eigenvalue weighted by Gasteiger charge is 2.30. The third-order valence-corrected chi connectivity index (χ3v) is 12.9. The summed E-state index contributed by atoms with van der Waals surface area (Å²) in [7, 11) is -1.41. The predicted octanol–water partition coefficient (Wildman–Crippen LogP) is 5.63. The first-order valence-corrected chi connectivity index (χ1v) is 20.1. The number of hydrogen-bond donors (Lipinski definition) is 0. The molecule has 8 bridgehead atoms. The van der Waals surface area contributed by atoms with E-state index in [2.05, 4.69) is 10.2 Å². The summed E-state index contributed by atoms with van der Waals surface area (Å²) in [6, 6.07) is 15.6. The van der Waals surface area contributed by atoms with E-state index < -0.39 is 42.9 Å². The van der Waals surface area contributed by atoms with Crippen LogP contribution in [0.25, 0.3) is 32.8 Å². The minimum atomic E-state index is -3.91. The second kappa shape index (κ2) is 12.8. The van der Waals surface area contributed by atoms with E-state index in [4.69, 9.17) is 21.1 Å². The number of aryl methyl sites for hydroxylation is 4. The van der Waals surface area contributed by atoms with Crippen LogP contribution in [0, 0.1) is 6.92 Å². The van der Waals surface area contributed by atoms with Crippen LogP contribution in [0.5, 0.6) is 5.75 Å². The quantitative estimate of drug-likeness (QED) is 0.196. The average molecular weight is 750 g/mol. The molecule has 3 aromatic heterocycles. The van der Waals surface area contributed by atoms with Gasteiger partial charge in [-0.1, -0.05) is 41.9 Å². The Balaban J connectivity index is 1.44. The lowest BCUT2D eigenvalue weighted by molar-refractivity contribution is 0.0589. The third-order valence-electron chi connectivity index (χ3n) is 9.52. The van der Waals surface area contributed by atoms with Crippen LogP contribution < -0.4 is 4.74 Å². The van der Waals surface area contributed by atoms with Gasteiger partial charge in [0.25, 0.3) is 0 Å². The summed E-state index contributed by atoms with van der Waals surface area (Å²) in [4.78, 5) is 13.4. The van der Waals surface area contributed by atoms with Crippen molar-refractivity contribution in [3.63, 3.8) is 0 Å². The zero-order chi connectivity index (χ0) is 36.4. The molecule has 4 heterocycles. The van der Waals surface area contributed by atoms with Crippen LogP contribution in [0.3, 0.4) is 0 Å². The Morgan fingerprint density at radius 1 is 0.902 bits per heavy atom. The van der Waals surface area contributed by atoms with E-state index in [1.807, 2.05) is 37.3 Å². The monoisotopic (exact) mass is 749 g/mol. The molecule has 0 amide bonds. The molecular weight excluding hydrogens is 714 g/mol. The summed E-state index contributed by atoms with van der Waals surface area (Å²) >= 11 is 6.95. The minimum absolute atomic E-state index is 0.0713. The summed E-state index contributed by atoms with van der Waals surface area (Å²) in [6.07, 6.45) is 0.883. The highest BCUT2D eigenvalue weighted by molar-refractivity contribution is 7.90. The van der Waals surface area contributed by atoms with E-state index in [0.717, 1.165) is 16.3 Å². The second-order valence-electron chi connectivity index (χ2n) is 12.9. The largest absolute Gasteiger partial charge is 0.493 e. The van der Waals surface area contributed by atoms with Crippen molar-refractivity contribution in [2.24, 2.45) is 21.1 Å². The third kappa shape index (κ3) is 6.19. The maximum absolute atomic E-state index is 13.9. The number of rotatable bonds is 1. The molecule has 0 atom stereocenters. The summed E-state index contributed by atoms with van der Waals surface area (Å²) in [5.74, 6) is -1.39. The van der Waals surface area contributed by atoms with E-state index in [1.54, 1.807) is 42.5 Å². The van der Waals surface area contributed by atoms with Gasteiger partial charge in [0.2, 0.25) is 0 Å². The van der Waals surface area contributed by atoms with Gasteiger partial charge in [-0.15, -0.1) is 0 Å². The molecule has 51 heavy (non-hydrogen) atoms. The molecule has 12 nitrogen and oxygen atoms in total. The standard InChI is InChI=1S/C36H36ClN5O7S2/c1-21-32-30(39-41(21)3)20-50(44,45)18-23-16-24(42(4)38-23)19-51(46,47)25-15-22-9-6-7-10-26(22)31(17-25)49-14-8-11-27-28-12-13-29(37)33(32)34(28)40(2)35(27)36(43)48-5/h6-7,9-10,12-13,15-17H,8,11,14,18-20H2,1-5H3. The van der Waals surface area contributed by atoms with E-state index in [0.29, 0.717) is 62.7 Å². The molecule has 266 valence electrons. The SMILES string of the molecule is COC(=O)c1c2c3ccc(Cl)c(c3n1C)-c1c(nn(C)c1C)CS(=O)(=O)Cc1cc(n(C)n1)CS(=O)(=O)c1cc(c3ccccc3c1)OCCC2. The van der Waals surface area contributed by atoms with Gasteiger partial charge in [-0.05, 0) is 55.0 Å². The van der Waals surface area contributed by atoms with Gasteiger partial charge in [-0.2, -0.15) is 10.2 Å². The second-order valence-corrected chi connectivity index (χ2v) is 17.3. The Hall–Kier alpha value is -4.66. The van der Waals surface area contributed by atoms with Crippen molar-refractivity contribution < 1.29 is 31.1 Å². The minimum Gasteiger partial charge on any atom is -0.493 e. The lowest BCUT2D eigenvalue weighted by Crippen LogP contribution is -2.11. The number of benzene rings is 3. The van der Waals surface area contributed by atoms with Gasteiger partial charge in [0, 0.05) is 48.7 Å². The molecule has 0 radical (unpaired) electrons. The van der Waals surface area contributed by atoms with Crippen LogP contribution in [0.1, 0.15) is 45.2 Å². The summed E-state index contributed by atoms with van der Waals surface area (Å²) in [5, 5.41) is 11.6.